The topological polar surface area (TPSA) is 97.7 Å². The van der Waals surface area contributed by atoms with Crippen molar-refractivity contribution in [1.82, 2.24) is 0 Å². The van der Waals surface area contributed by atoms with Crippen molar-refractivity contribution in [2.75, 3.05) is 0 Å². The van der Waals surface area contributed by atoms with Crippen molar-refractivity contribution in [3.63, 3.8) is 0 Å². The van der Waals surface area contributed by atoms with Crippen molar-refractivity contribution in [2.24, 2.45) is 0 Å². The van der Waals surface area contributed by atoms with Crippen LogP contribution in [0, 0.1) is 0 Å². The SMILES string of the molecule is O=S(=O)(O)c1ccc(S(=O)(=O)Oc2ccccc2)cc1. The van der Waals surface area contributed by atoms with Crippen molar-refractivity contribution in [2.45, 2.75) is 9.79 Å². The number of rotatable bonds is 4. The highest BCUT2D eigenvalue weighted by molar-refractivity contribution is 7.87. The van der Waals surface area contributed by atoms with Crippen LogP contribution in [0.5, 0.6) is 5.75 Å². The Labute approximate surface area is 116 Å². The molecule has 0 aliphatic rings. The first kappa shape index (κ1) is 14.5. The van der Waals surface area contributed by atoms with Gasteiger partial charge in [-0.05, 0) is 36.4 Å². The first-order valence-corrected chi connectivity index (χ1v) is 8.21. The van der Waals surface area contributed by atoms with Gasteiger partial charge in [-0.1, -0.05) is 18.2 Å². The summed E-state index contributed by atoms with van der Waals surface area (Å²) in [7, 11) is -8.41. The molecular weight excluding hydrogens is 304 g/mol. The Bertz CT molecular complexity index is 793. The second-order valence-electron chi connectivity index (χ2n) is 3.80. The van der Waals surface area contributed by atoms with Crippen molar-refractivity contribution in [3.8, 4) is 5.75 Å². The monoisotopic (exact) mass is 314 g/mol. The minimum atomic E-state index is -4.36. The summed E-state index contributed by atoms with van der Waals surface area (Å²) in [4.78, 5) is -0.607. The van der Waals surface area contributed by atoms with E-state index in [0.29, 0.717) is 0 Å². The van der Waals surface area contributed by atoms with Crippen molar-refractivity contribution >= 4 is 20.2 Å². The van der Waals surface area contributed by atoms with Crippen molar-refractivity contribution in [3.05, 3.63) is 54.6 Å². The first-order chi connectivity index (χ1) is 9.29. The Morgan fingerprint density at radius 1 is 0.750 bits per heavy atom. The summed E-state index contributed by atoms with van der Waals surface area (Å²) in [6, 6.07) is 11.9. The maximum Gasteiger partial charge on any atom is 0.339 e. The highest BCUT2D eigenvalue weighted by Crippen LogP contribution is 2.19. The van der Waals surface area contributed by atoms with Gasteiger partial charge in [-0.25, -0.2) is 0 Å². The quantitative estimate of drug-likeness (QED) is 0.681. The lowest BCUT2D eigenvalue weighted by Gasteiger charge is -2.07. The third-order valence-electron chi connectivity index (χ3n) is 2.36. The van der Waals surface area contributed by atoms with Gasteiger partial charge in [0.15, 0.2) is 0 Å². The molecule has 0 aromatic heterocycles. The molecule has 0 fully saturated rings. The zero-order valence-electron chi connectivity index (χ0n) is 10.0. The fourth-order valence-corrected chi connectivity index (χ4v) is 2.84. The van der Waals surface area contributed by atoms with Crippen LogP contribution < -0.4 is 4.18 Å². The fourth-order valence-electron chi connectivity index (χ4n) is 1.43. The van der Waals surface area contributed by atoms with Crippen LogP contribution in [-0.4, -0.2) is 21.4 Å². The second kappa shape index (κ2) is 5.23. The molecule has 0 aliphatic carbocycles. The number of hydrogen-bond donors (Lipinski definition) is 1. The van der Waals surface area contributed by atoms with E-state index in [1.807, 2.05) is 0 Å². The largest absolute Gasteiger partial charge is 0.379 e. The highest BCUT2D eigenvalue weighted by Gasteiger charge is 2.18. The summed E-state index contributed by atoms with van der Waals surface area (Å²) < 4.78 is 59.3. The predicted octanol–water partition coefficient (Wildman–Crippen LogP) is 1.70. The van der Waals surface area contributed by atoms with Gasteiger partial charge < -0.3 is 4.18 Å². The Balaban J connectivity index is 2.31. The molecule has 2 aromatic carbocycles. The van der Waals surface area contributed by atoms with Gasteiger partial charge in [-0.3, -0.25) is 4.55 Å². The summed E-state index contributed by atoms with van der Waals surface area (Å²) in [5.74, 6) is 0.145. The minimum Gasteiger partial charge on any atom is -0.379 e. The average Bonchev–Trinajstić information content (AvgIpc) is 2.38. The van der Waals surface area contributed by atoms with Crippen molar-refractivity contribution in [1.29, 1.82) is 0 Å². The molecular formula is C12H10O6S2. The van der Waals surface area contributed by atoms with Crippen molar-refractivity contribution < 1.29 is 25.6 Å². The maximum absolute atomic E-state index is 11.9. The Morgan fingerprint density at radius 3 is 1.75 bits per heavy atom. The highest BCUT2D eigenvalue weighted by atomic mass is 32.2. The van der Waals surface area contributed by atoms with Crippen LogP contribution >= 0.6 is 0 Å². The van der Waals surface area contributed by atoms with E-state index in [-0.39, 0.29) is 10.6 Å². The molecule has 0 saturated carbocycles. The molecule has 2 aromatic rings. The van der Waals surface area contributed by atoms with E-state index in [2.05, 4.69) is 0 Å². The molecule has 0 saturated heterocycles. The molecule has 0 spiro atoms. The van der Waals surface area contributed by atoms with E-state index in [1.165, 1.54) is 12.1 Å². The van der Waals surface area contributed by atoms with E-state index >= 15 is 0 Å². The zero-order valence-corrected chi connectivity index (χ0v) is 11.6. The van der Waals surface area contributed by atoms with Gasteiger partial charge >= 0.3 is 10.1 Å². The lowest BCUT2D eigenvalue weighted by atomic mass is 10.3. The van der Waals surface area contributed by atoms with Gasteiger partial charge in [-0.15, -0.1) is 0 Å². The summed E-state index contributed by atoms with van der Waals surface area (Å²) in [5.41, 5.74) is 0. The lowest BCUT2D eigenvalue weighted by molar-refractivity contribution is 0.480. The van der Waals surface area contributed by atoms with Gasteiger partial charge in [0.25, 0.3) is 10.1 Å². The van der Waals surface area contributed by atoms with Crippen LogP contribution in [0.1, 0.15) is 0 Å². The molecule has 6 nitrogen and oxygen atoms in total. The summed E-state index contributed by atoms with van der Waals surface area (Å²) in [6.07, 6.45) is 0. The normalized spacial score (nSPS) is 12.1. The number of hydrogen-bond acceptors (Lipinski definition) is 5. The van der Waals surface area contributed by atoms with Crippen LogP contribution in [0.15, 0.2) is 64.4 Å². The van der Waals surface area contributed by atoms with Crippen LogP contribution in [0.2, 0.25) is 0 Å². The molecule has 0 atom stereocenters. The standard InChI is InChI=1S/C12H10O6S2/c13-19(14,15)11-6-8-12(9-7-11)20(16,17)18-10-4-2-1-3-5-10/h1-9H,(H,13,14,15). The molecule has 0 bridgehead atoms. The second-order valence-corrected chi connectivity index (χ2v) is 6.76. The van der Waals surface area contributed by atoms with E-state index < -0.39 is 25.1 Å². The van der Waals surface area contributed by atoms with Crippen LogP contribution in [0.4, 0.5) is 0 Å². The van der Waals surface area contributed by atoms with Crippen LogP contribution in [0.25, 0.3) is 0 Å². The Morgan fingerprint density at radius 2 is 1.25 bits per heavy atom. The van der Waals surface area contributed by atoms with Crippen LogP contribution in [0.3, 0.4) is 0 Å². The summed E-state index contributed by atoms with van der Waals surface area (Å²) in [5, 5.41) is 0. The van der Waals surface area contributed by atoms with E-state index in [4.69, 9.17) is 8.74 Å². The Kier molecular flexibility index (Phi) is 3.80. The lowest BCUT2D eigenvalue weighted by Crippen LogP contribution is -2.10. The molecule has 0 amide bonds. The molecule has 0 heterocycles. The third-order valence-corrected chi connectivity index (χ3v) is 4.49. The van der Waals surface area contributed by atoms with E-state index in [0.717, 1.165) is 24.3 Å². The van der Waals surface area contributed by atoms with Gasteiger partial charge in [0.05, 0.1) is 4.90 Å². The van der Waals surface area contributed by atoms with Gasteiger partial charge in [-0.2, -0.15) is 16.8 Å². The number of para-hydroxylation sites is 1. The fraction of sp³-hybridized carbons (Fsp3) is 0. The smallest absolute Gasteiger partial charge is 0.339 e. The zero-order chi connectivity index (χ0) is 14.8. The van der Waals surface area contributed by atoms with E-state index in [1.54, 1.807) is 18.2 Å². The molecule has 0 radical (unpaired) electrons. The molecule has 1 N–H and O–H groups in total. The molecule has 0 unspecified atom stereocenters. The maximum atomic E-state index is 11.9. The predicted molar refractivity (Wildman–Crippen MR) is 70.5 cm³/mol. The van der Waals surface area contributed by atoms with Gasteiger partial charge in [0, 0.05) is 0 Å². The molecule has 0 aliphatic heterocycles. The third kappa shape index (κ3) is 3.35. The minimum absolute atomic E-state index is 0.145. The first-order valence-electron chi connectivity index (χ1n) is 5.36. The molecule has 2 rings (SSSR count). The van der Waals surface area contributed by atoms with Gasteiger partial charge in [0.2, 0.25) is 0 Å². The molecule has 106 valence electrons. The number of benzene rings is 2. The van der Waals surface area contributed by atoms with E-state index in [9.17, 15) is 16.8 Å². The van der Waals surface area contributed by atoms with Gasteiger partial charge in [0.1, 0.15) is 10.6 Å². The molecule has 8 heteroatoms. The van der Waals surface area contributed by atoms with Crippen LogP contribution in [-0.2, 0) is 20.2 Å². The Hall–Kier alpha value is -1.90. The summed E-state index contributed by atoms with van der Waals surface area (Å²) in [6.45, 7) is 0. The molecule has 20 heavy (non-hydrogen) atoms. The average molecular weight is 314 g/mol. The summed E-state index contributed by atoms with van der Waals surface area (Å²) >= 11 is 0.